The highest BCUT2D eigenvalue weighted by Gasteiger charge is 2.33. The number of nitrogens with one attached hydrogen (secondary N) is 1. The van der Waals surface area contributed by atoms with Gasteiger partial charge in [0.2, 0.25) is 21.8 Å². The van der Waals surface area contributed by atoms with Crippen molar-refractivity contribution >= 4 is 39.1 Å². The Morgan fingerprint density at radius 2 is 1.57 bits per heavy atom. The molecule has 7 nitrogen and oxygen atoms in total. The molecule has 0 heterocycles. The molecule has 3 aromatic rings. The lowest BCUT2D eigenvalue weighted by molar-refractivity contribution is -0.140. The third-order valence-electron chi connectivity index (χ3n) is 6.59. The van der Waals surface area contributed by atoms with E-state index in [1.165, 1.54) is 4.90 Å². The highest BCUT2D eigenvalue weighted by Crippen LogP contribution is 2.24. The Bertz CT molecular complexity index is 1380. The van der Waals surface area contributed by atoms with Gasteiger partial charge in [0.25, 0.3) is 0 Å². The van der Waals surface area contributed by atoms with E-state index in [2.05, 4.69) is 19.2 Å². The van der Waals surface area contributed by atoms with Crippen molar-refractivity contribution in [3.8, 4) is 0 Å². The van der Waals surface area contributed by atoms with E-state index < -0.39 is 28.5 Å². The summed E-state index contributed by atoms with van der Waals surface area (Å²) in [5, 5.41) is 3.43. The summed E-state index contributed by atoms with van der Waals surface area (Å²) in [7, 11) is -3.81. The van der Waals surface area contributed by atoms with Crippen molar-refractivity contribution in [3.63, 3.8) is 0 Å². The molecule has 1 N–H and O–H groups in total. The summed E-state index contributed by atoms with van der Waals surface area (Å²) in [4.78, 5) is 29.0. The van der Waals surface area contributed by atoms with E-state index in [0.29, 0.717) is 17.3 Å². The quantitative estimate of drug-likeness (QED) is 0.292. The molecule has 40 heavy (non-hydrogen) atoms. The molecule has 0 aliphatic carbocycles. The van der Waals surface area contributed by atoms with Crippen LogP contribution in [-0.4, -0.2) is 50.5 Å². The zero-order chi connectivity index (χ0) is 29.3. The molecule has 0 saturated carbocycles. The average Bonchev–Trinajstić information content (AvgIpc) is 2.92. The van der Waals surface area contributed by atoms with Gasteiger partial charge in [-0.1, -0.05) is 87.0 Å². The number of anilines is 1. The van der Waals surface area contributed by atoms with Crippen molar-refractivity contribution in [2.24, 2.45) is 0 Å². The molecule has 2 amide bonds. The van der Waals surface area contributed by atoms with Crippen LogP contribution in [0.1, 0.15) is 49.8 Å². The van der Waals surface area contributed by atoms with Gasteiger partial charge < -0.3 is 10.2 Å². The van der Waals surface area contributed by atoms with Crippen molar-refractivity contribution in [1.82, 2.24) is 10.2 Å². The Labute approximate surface area is 243 Å². The number of benzene rings is 3. The highest BCUT2D eigenvalue weighted by atomic mass is 35.5. The maximum Gasteiger partial charge on any atom is 0.244 e. The third kappa shape index (κ3) is 8.83. The Morgan fingerprint density at radius 1 is 0.925 bits per heavy atom. The second kappa shape index (κ2) is 14.3. The van der Waals surface area contributed by atoms with E-state index in [1.807, 2.05) is 55.5 Å². The molecule has 1 unspecified atom stereocenters. The van der Waals surface area contributed by atoms with E-state index in [1.54, 1.807) is 30.3 Å². The molecule has 214 valence electrons. The fourth-order valence-corrected chi connectivity index (χ4v) is 5.45. The van der Waals surface area contributed by atoms with Crippen LogP contribution in [0.2, 0.25) is 5.02 Å². The molecule has 0 saturated heterocycles. The van der Waals surface area contributed by atoms with Crippen LogP contribution in [0.5, 0.6) is 0 Å². The Morgan fingerprint density at radius 3 is 2.15 bits per heavy atom. The number of hydrogen-bond donors (Lipinski definition) is 1. The van der Waals surface area contributed by atoms with Crippen molar-refractivity contribution in [3.05, 3.63) is 101 Å². The number of rotatable bonds is 13. The van der Waals surface area contributed by atoms with Crippen molar-refractivity contribution in [2.75, 3.05) is 23.7 Å². The van der Waals surface area contributed by atoms with E-state index >= 15 is 0 Å². The molecule has 9 heteroatoms. The Kier molecular flexibility index (Phi) is 11.2. The fourth-order valence-electron chi connectivity index (χ4n) is 4.39. The van der Waals surface area contributed by atoms with E-state index in [-0.39, 0.29) is 24.8 Å². The maximum absolute atomic E-state index is 14.1. The van der Waals surface area contributed by atoms with Gasteiger partial charge in [-0.3, -0.25) is 13.9 Å². The molecule has 0 radical (unpaired) electrons. The van der Waals surface area contributed by atoms with E-state index in [0.717, 1.165) is 33.7 Å². The normalized spacial score (nSPS) is 12.2. The van der Waals surface area contributed by atoms with Gasteiger partial charge in [0.15, 0.2) is 0 Å². The van der Waals surface area contributed by atoms with Gasteiger partial charge in [-0.25, -0.2) is 8.42 Å². The van der Waals surface area contributed by atoms with Gasteiger partial charge in [-0.2, -0.15) is 0 Å². The third-order valence-corrected chi connectivity index (χ3v) is 7.96. The summed E-state index contributed by atoms with van der Waals surface area (Å²) >= 11 is 6.24. The molecule has 1 atom stereocenters. The minimum absolute atomic E-state index is 0.0837. The lowest BCUT2D eigenvalue weighted by Crippen LogP contribution is -2.53. The Hall–Kier alpha value is -3.36. The minimum Gasteiger partial charge on any atom is -0.354 e. The van der Waals surface area contributed by atoms with Crippen molar-refractivity contribution < 1.29 is 18.0 Å². The fraction of sp³-hybridized carbons (Fsp3) is 0.355. The molecular formula is C31H38ClN3O4S. The number of nitrogens with zero attached hydrogens (tertiary/aromatic N) is 2. The van der Waals surface area contributed by atoms with E-state index in [4.69, 9.17) is 11.6 Å². The number of halogens is 1. The first-order valence-electron chi connectivity index (χ1n) is 13.4. The Balaban J connectivity index is 2.03. The van der Waals surface area contributed by atoms with Crippen LogP contribution < -0.4 is 9.62 Å². The van der Waals surface area contributed by atoms with Gasteiger partial charge in [-0.15, -0.1) is 0 Å². The smallest absolute Gasteiger partial charge is 0.244 e. The van der Waals surface area contributed by atoms with Crippen LogP contribution in [-0.2, 0) is 32.6 Å². The molecule has 0 aromatic heterocycles. The zero-order valence-corrected chi connectivity index (χ0v) is 25.1. The maximum atomic E-state index is 14.1. The molecule has 0 fully saturated rings. The first-order valence-corrected chi connectivity index (χ1v) is 15.7. The average molecular weight is 584 g/mol. The molecular weight excluding hydrogens is 546 g/mol. The van der Waals surface area contributed by atoms with Crippen LogP contribution in [0.4, 0.5) is 5.69 Å². The zero-order valence-electron chi connectivity index (χ0n) is 23.5. The molecule has 0 spiro atoms. The molecule has 0 aliphatic rings. The van der Waals surface area contributed by atoms with Crippen molar-refractivity contribution in [2.45, 2.75) is 52.1 Å². The van der Waals surface area contributed by atoms with Crippen LogP contribution >= 0.6 is 11.6 Å². The summed E-state index contributed by atoms with van der Waals surface area (Å²) in [5.74, 6) is -0.518. The highest BCUT2D eigenvalue weighted by molar-refractivity contribution is 7.92. The van der Waals surface area contributed by atoms with E-state index in [9.17, 15) is 18.0 Å². The van der Waals surface area contributed by atoms with Gasteiger partial charge in [0, 0.05) is 24.5 Å². The van der Waals surface area contributed by atoms with Crippen LogP contribution in [0.25, 0.3) is 0 Å². The molecule has 3 aromatic carbocycles. The standard InChI is InChI=1S/C31H38ClN3O4S/c1-5-18-33-31(37)29(20-24-10-7-6-8-11-24)34(21-25-12-9-13-27(32)19-25)30(36)22-35(40(4,38)39)28-16-14-26(15-17-28)23(2)3/h6-17,19,23,29H,5,18,20-22H2,1-4H3,(H,33,37). The van der Waals surface area contributed by atoms with Crippen molar-refractivity contribution in [1.29, 1.82) is 0 Å². The van der Waals surface area contributed by atoms with Crippen LogP contribution in [0.15, 0.2) is 78.9 Å². The molecule has 3 rings (SSSR count). The van der Waals surface area contributed by atoms with Crippen LogP contribution in [0, 0.1) is 0 Å². The number of hydrogen-bond acceptors (Lipinski definition) is 4. The largest absolute Gasteiger partial charge is 0.354 e. The molecule has 0 aliphatic heterocycles. The first-order chi connectivity index (χ1) is 19.0. The molecule has 0 bridgehead atoms. The number of carbonyl (C=O) groups is 2. The summed E-state index contributed by atoms with van der Waals surface area (Å²) in [5.41, 5.74) is 3.06. The topological polar surface area (TPSA) is 86.8 Å². The number of amides is 2. The first kappa shape index (κ1) is 31.2. The summed E-state index contributed by atoms with van der Waals surface area (Å²) in [6.07, 6.45) is 2.08. The summed E-state index contributed by atoms with van der Waals surface area (Å²) < 4.78 is 26.9. The monoisotopic (exact) mass is 583 g/mol. The van der Waals surface area contributed by atoms with Gasteiger partial charge in [0.1, 0.15) is 12.6 Å². The predicted octanol–water partition coefficient (Wildman–Crippen LogP) is 5.40. The number of carbonyl (C=O) groups excluding carboxylic acids is 2. The second-order valence-electron chi connectivity index (χ2n) is 10.2. The lowest BCUT2D eigenvalue weighted by Gasteiger charge is -2.33. The van der Waals surface area contributed by atoms with Gasteiger partial charge in [-0.05, 0) is 53.3 Å². The second-order valence-corrected chi connectivity index (χ2v) is 12.5. The number of sulfonamides is 1. The SMILES string of the molecule is CCCNC(=O)C(Cc1ccccc1)N(Cc1cccc(Cl)c1)C(=O)CN(c1ccc(C(C)C)cc1)S(C)(=O)=O. The van der Waals surface area contributed by atoms with Gasteiger partial charge >= 0.3 is 0 Å². The van der Waals surface area contributed by atoms with Gasteiger partial charge in [0.05, 0.1) is 11.9 Å². The predicted molar refractivity (Wildman–Crippen MR) is 162 cm³/mol. The van der Waals surface area contributed by atoms with Crippen LogP contribution in [0.3, 0.4) is 0 Å². The minimum atomic E-state index is -3.81. The summed E-state index contributed by atoms with van der Waals surface area (Å²) in [6, 6.07) is 22.8. The summed E-state index contributed by atoms with van der Waals surface area (Å²) in [6.45, 7) is 6.15. The lowest BCUT2D eigenvalue weighted by atomic mass is 10.0.